The number of hydrogen-bond donors (Lipinski definition) is 0. The molecule has 0 atom stereocenters. The summed E-state index contributed by atoms with van der Waals surface area (Å²) >= 11 is 0. The third kappa shape index (κ3) is 4.33. The lowest BCUT2D eigenvalue weighted by atomic mass is 10.1. The molecule has 0 amide bonds. The molecule has 1 aromatic heterocycles. The van der Waals surface area contributed by atoms with Crippen molar-refractivity contribution in [3.63, 3.8) is 0 Å². The van der Waals surface area contributed by atoms with E-state index in [1.807, 2.05) is 30.3 Å². The molecule has 0 spiro atoms. The number of nitro benzene ring substituents is 1. The summed E-state index contributed by atoms with van der Waals surface area (Å²) in [7, 11) is 0. The monoisotopic (exact) mass is 391 g/mol. The second-order valence-corrected chi connectivity index (χ2v) is 6.94. The van der Waals surface area contributed by atoms with Gasteiger partial charge in [-0.1, -0.05) is 30.3 Å². The van der Waals surface area contributed by atoms with Crippen LogP contribution in [0.3, 0.4) is 0 Å². The SMILES string of the molecule is O=c1ccc(-c2ccccc2)nn1CN1CCN(c2ccc([N+](=O)[O-])cc2)CC1. The Bertz CT molecular complexity index is 1040. The first kappa shape index (κ1) is 18.8. The Balaban J connectivity index is 1.41. The van der Waals surface area contributed by atoms with Gasteiger partial charge in [0.25, 0.3) is 11.2 Å². The standard InChI is InChI=1S/C21H21N5O3/c27-21-11-10-20(17-4-2-1-3-5-17)22-25(21)16-23-12-14-24(15-13-23)18-6-8-19(9-7-18)26(28)29/h1-11H,12-16H2. The zero-order valence-electron chi connectivity index (χ0n) is 15.8. The fourth-order valence-electron chi connectivity index (χ4n) is 3.44. The van der Waals surface area contributed by atoms with Crippen molar-refractivity contribution in [3.8, 4) is 11.3 Å². The zero-order valence-corrected chi connectivity index (χ0v) is 15.8. The largest absolute Gasteiger partial charge is 0.369 e. The number of benzene rings is 2. The van der Waals surface area contributed by atoms with Crippen molar-refractivity contribution in [2.45, 2.75) is 6.67 Å². The lowest BCUT2D eigenvalue weighted by molar-refractivity contribution is -0.384. The van der Waals surface area contributed by atoms with Crippen molar-refractivity contribution in [1.29, 1.82) is 0 Å². The van der Waals surface area contributed by atoms with E-state index < -0.39 is 4.92 Å². The molecule has 1 aliphatic rings. The maximum atomic E-state index is 12.3. The minimum atomic E-state index is -0.393. The van der Waals surface area contributed by atoms with E-state index >= 15 is 0 Å². The molecule has 0 N–H and O–H groups in total. The molecule has 0 saturated carbocycles. The fourth-order valence-corrected chi connectivity index (χ4v) is 3.44. The molecule has 2 heterocycles. The Morgan fingerprint density at radius 1 is 0.897 bits per heavy atom. The number of nitro groups is 1. The molecule has 1 fully saturated rings. The second kappa shape index (κ2) is 8.24. The zero-order chi connectivity index (χ0) is 20.2. The Hall–Kier alpha value is -3.52. The predicted octanol–water partition coefficient (Wildman–Crippen LogP) is 2.60. The summed E-state index contributed by atoms with van der Waals surface area (Å²) in [5.74, 6) is 0. The normalized spacial score (nSPS) is 14.7. The van der Waals surface area contributed by atoms with Gasteiger partial charge in [-0.05, 0) is 18.2 Å². The summed E-state index contributed by atoms with van der Waals surface area (Å²) in [6.07, 6.45) is 0. The highest BCUT2D eigenvalue weighted by molar-refractivity contribution is 5.57. The summed E-state index contributed by atoms with van der Waals surface area (Å²) < 4.78 is 1.50. The number of aromatic nitrogens is 2. The number of anilines is 1. The molecule has 1 saturated heterocycles. The van der Waals surface area contributed by atoms with Crippen molar-refractivity contribution >= 4 is 11.4 Å². The van der Waals surface area contributed by atoms with Crippen LogP contribution >= 0.6 is 0 Å². The van der Waals surface area contributed by atoms with Crippen LogP contribution in [0.15, 0.2) is 71.5 Å². The van der Waals surface area contributed by atoms with E-state index in [0.29, 0.717) is 6.67 Å². The Morgan fingerprint density at radius 3 is 2.24 bits per heavy atom. The van der Waals surface area contributed by atoms with Gasteiger partial charge in [0.15, 0.2) is 0 Å². The van der Waals surface area contributed by atoms with Crippen molar-refractivity contribution in [3.05, 3.63) is 87.2 Å². The van der Waals surface area contributed by atoms with Gasteiger partial charge < -0.3 is 4.90 Å². The van der Waals surface area contributed by atoms with Gasteiger partial charge in [-0.15, -0.1) is 0 Å². The van der Waals surface area contributed by atoms with E-state index in [1.54, 1.807) is 24.3 Å². The first-order chi connectivity index (χ1) is 14.1. The fraction of sp³-hybridized carbons (Fsp3) is 0.238. The van der Waals surface area contributed by atoms with Gasteiger partial charge in [-0.2, -0.15) is 5.10 Å². The van der Waals surface area contributed by atoms with E-state index in [4.69, 9.17) is 0 Å². The van der Waals surface area contributed by atoms with Crippen molar-refractivity contribution in [1.82, 2.24) is 14.7 Å². The Kier molecular flexibility index (Phi) is 5.35. The number of nitrogens with zero attached hydrogens (tertiary/aromatic N) is 5. The highest BCUT2D eigenvalue weighted by atomic mass is 16.6. The molecular weight excluding hydrogens is 370 g/mol. The van der Waals surface area contributed by atoms with Crippen LogP contribution in [-0.2, 0) is 6.67 Å². The molecule has 8 nitrogen and oxygen atoms in total. The van der Waals surface area contributed by atoms with Gasteiger partial charge in [0.2, 0.25) is 0 Å². The summed E-state index contributed by atoms with van der Waals surface area (Å²) in [5, 5.41) is 15.3. The van der Waals surface area contributed by atoms with E-state index in [-0.39, 0.29) is 11.2 Å². The summed E-state index contributed by atoms with van der Waals surface area (Å²) in [6, 6.07) is 19.7. The van der Waals surface area contributed by atoms with Crippen LogP contribution in [0.4, 0.5) is 11.4 Å². The number of piperazine rings is 1. The Morgan fingerprint density at radius 2 is 1.59 bits per heavy atom. The smallest absolute Gasteiger partial charge is 0.269 e. The van der Waals surface area contributed by atoms with Gasteiger partial charge in [0.1, 0.15) is 0 Å². The van der Waals surface area contributed by atoms with Crippen LogP contribution in [0.2, 0.25) is 0 Å². The molecule has 3 aromatic rings. The van der Waals surface area contributed by atoms with E-state index in [9.17, 15) is 14.9 Å². The molecular formula is C21H21N5O3. The third-order valence-electron chi connectivity index (χ3n) is 5.07. The summed E-state index contributed by atoms with van der Waals surface area (Å²) in [4.78, 5) is 27.0. The number of rotatable bonds is 5. The van der Waals surface area contributed by atoms with E-state index in [1.165, 1.54) is 16.8 Å². The van der Waals surface area contributed by atoms with E-state index in [0.717, 1.165) is 43.1 Å². The van der Waals surface area contributed by atoms with Crippen molar-refractivity contribution < 1.29 is 4.92 Å². The molecule has 8 heteroatoms. The van der Waals surface area contributed by atoms with Crippen molar-refractivity contribution in [2.75, 3.05) is 31.1 Å². The molecule has 0 radical (unpaired) electrons. The van der Waals surface area contributed by atoms with Crippen LogP contribution in [-0.4, -0.2) is 45.8 Å². The van der Waals surface area contributed by atoms with Gasteiger partial charge >= 0.3 is 0 Å². The highest BCUT2D eigenvalue weighted by Gasteiger charge is 2.19. The summed E-state index contributed by atoms with van der Waals surface area (Å²) in [6.45, 7) is 3.56. The van der Waals surface area contributed by atoms with Gasteiger partial charge in [0.05, 0.1) is 17.3 Å². The molecule has 2 aromatic carbocycles. The Labute approximate surface area is 167 Å². The molecule has 148 valence electrons. The lowest BCUT2D eigenvalue weighted by Gasteiger charge is -2.35. The van der Waals surface area contributed by atoms with Crippen molar-refractivity contribution in [2.24, 2.45) is 0 Å². The average molecular weight is 391 g/mol. The third-order valence-corrected chi connectivity index (χ3v) is 5.07. The highest BCUT2D eigenvalue weighted by Crippen LogP contribution is 2.21. The maximum Gasteiger partial charge on any atom is 0.269 e. The van der Waals surface area contributed by atoms with Crippen LogP contribution in [0.1, 0.15) is 0 Å². The van der Waals surface area contributed by atoms with Crippen LogP contribution in [0, 0.1) is 10.1 Å². The van der Waals surface area contributed by atoms with Gasteiger partial charge in [0, 0.05) is 55.6 Å². The predicted molar refractivity (Wildman–Crippen MR) is 111 cm³/mol. The quantitative estimate of drug-likeness (QED) is 0.491. The second-order valence-electron chi connectivity index (χ2n) is 6.94. The minimum Gasteiger partial charge on any atom is -0.369 e. The molecule has 29 heavy (non-hydrogen) atoms. The lowest BCUT2D eigenvalue weighted by Crippen LogP contribution is -2.48. The van der Waals surface area contributed by atoms with Crippen LogP contribution < -0.4 is 10.5 Å². The average Bonchev–Trinajstić information content (AvgIpc) is 2.76. The topological polar surface area (TPSA) is 84.5 Å². The number of hydrogen-bond acceptors (Lipinski definition) is 6. The van der Waals surface area contributed by atoms with E-state index in [2.05, 4.69) is 14.9 Å². The maximum absolute atomic E-state index is 12.3. The van der Waals surface area contributed by atoms with Gasteiger partial charge in [-0.3, -0.25) is 19.8 Å². The van der Waals surface area contributed by atoms with Gasteiger partial charge in [-0.25, -0.2) is 4.68 Å². The minimum absolute atomic E-state index is 0.0936. The molecule has 0 aliphatic carbocycles. The van der Waals surface area contributed by atoms with Crippen LogP contribution in [0.5, 0.6) is 0 Å². The molecule has 4 rings (SSSR count). The summed E-state index contributed by atoms with van der Waals surface area (Å²) in [5.41, 5.74) is 2.69. The molecule has 0 unspecified atom stereocenters. The first-order valence-corrected chi connectivity index (χ1v) is 9.45. The molecule has 1 aliphatic heterocycles. The molecule has 0 bridgehead atoms. The van der Waals surface area contributed by atoms with Crippen LogP contribution in [0.25, 0.3) is 11.3 Å². The number of non-ortho nitro benzene ring substituents is 1. The first-order valence-electron chi connectivity index (χ1n) is 9.45.